The average molecular weight is 660 g/mol. The average Bonchev–Trinajstić information content (AvgIpc) is 3.52. The van der Waals surface area contributed by atoms with Gasteiger partial charge in [-0.15, -0.1) is 0 Å². The van der Waals surface area contributed by atoms with Crippen LogP contribution in [0.3, 0.4) is 0 Å². The summed E-state index contributed by atoms with van der Waals surface area (Å²) in [7, 11) is -2.35. The monoisotopic (exact) mass is 658 g/mol. The van der Waals surface area contributed by atoms with Gasteiger partial charge in [-0.3, -0.25) is 9.00 Å². The number of alkyl halides is 9. The minimum atomic E-state index is -5.08. The zero-order valence-electron chi connectivity index (χ0n) is 19.9. The van der Waals surface area contributed by atoms with E-state index in [2.05, 4.69) is 0 Å². The number of hydrogen-bond donors (Lipinski definition) is 0. The van der Waals surface area contributed by atoms with Crippen molar-refractivity contribution in [2.45, 2.75) is 43.7 Å². The second-order valence-corrected chi connectivity index (χ2v) is 12.1. The van der Waals surface area contributed by atoms with Gasteiger partial charge in [0, 0.05) is 28.5 Å². The van der Waals surface area contributed by atoms with E-state index in [-0.39, 0.29) is 33.5 Å². The Bertz CT molecular complexity index is 1310. The molecule has 0 N–H and O–H groups in total. The maximum Gasteiger partial charge on any atom is 0.417 e. The Labute approximate surface area is 239 Å². The molecule has 40 heavy (non-hydrogen) atoms. The van der Waals surface area contributed by atoms with E-state index in [1.807, 2.05) is 0 Å². The van der Waals surface area contributed by atoms with Gasteiger partial charge in [-0.25, -0.2) is 0 Å². The summed E-state index contributed by atoms with van der Waals surface area (Å²) in [5.41, 5.74) is -4.04. The Morgan fingerprint density at radius 1 is 0.950 bits per heavy atom. The molecule has 2 unspecified atom stereocenters. The predicted octanol–water partition coefficient (Wildman–Crippen LogP) is 9.69. The number of halogens is 12. The number of benzene rings is 2. The standard InChI is InChI=1S/C25H18Cl3F9O2S/c26-18-8-14(9-19(27)21(18)28)16(24(32,33)34)4-2-13-1-3-15(17(7-13)25(35,36)37)20(38)10-22(5-6-22)11-40(39)12-23(29,30)31/h1-4,7-9,16H,5-6,10-12H2/b4-2+. The van der Waals surface area contributed by atoms with E-state index < -0.39 is 81.1 Å². The maximum atomic E-state index is 13.8. The van der Waals surface area contributed by atoms with E-state index in [0.717, 1.165) is 30.3 Å². The topological polar surface area (TPSA) is 34.1 Å². The summed E-state index contributed by atoms with van der Waals surface area (Å²) in [4.78, 5) is 12.8. The minimum Gasteiger partial charge on any atom is -0.294 e. The van der Waals surface area contributed by atoms with Gasteiger partial charge in [0.05, 0.1) is 26.5 Å². The lowest BCUT2D eigenvalue weighted by Gasteiger charge is -2.19. The second-order valence-electron chi connectivity index (χ2n) is 9.42. The van der Waals surface area contributed by atoms with E-state index in [9.17, 15) is 48.5 Å². The lowest BCUT2D eigenvalue weighted by atomic mass is 9.92. The Kier molecular flexibility index (Phi) is 9.70. The van der Waals surface area contributed by atoms with Crippen molar-refractivity contribution in [1.29, 1.82) is 0 Å². The van der Waals surface area contributed by atoms with Crippen molar-refractivity contribution in [1.82, 2.24) is 0 Å². The summed E-state index contributed by atoms with van der Waals surface area (Å²) in [5.74, 6) is -5.42. The highest BCUT2D eigenvalue weighted by molar-refractivity contribution is 7.85. The van der Waals surface area contributed by atoms with Crippen LogP contribution in [0.2, 0.25) is 15.1 Å². The third-order valence-corrected chi connectivity index (χ3v) is 8.91. The maximum absolute atomic E-state index is 13.8. The molecule has 0 amide bonds. The predicted molar refractivity (Wildman–Crippen MR) is 135 cm³/mol. The van der Waals surface area contributed by atoms with Crippen LogP contribution in [-0.2, 0) is 17.0 Å². The molecule has 1 fully saturated rings. The Hall–Kier alpha value is -1.76. The number of hydrogen-bond acceptors (Lipinski definition) is 2. The molecular formula is C25H18Cl3F9O2S. The van der Waals surface area contributed by atoms with Crippen molar-refractivity contribution < 1.29 is 48.5 Å². The summed E-state index contributed by atoms with van der Waals surface area (Å²) in [6.07, 6.45) is -13.4. The number of rotatable bonds is 9. The summed E-state index contributed by atoms with van der Waals surface area (Å²) < 4.78 is 132. The van der Waals surface area contributed by atoms with Crippen molar-refractivity contribution in [2.24, 2.45) is 5.41 Å². The fraction of sp³-hybridized carbons (Fsp3) is 0.400. The van der Waals surface area contributed by atoms with E-state index in [0.29, 0.717) is 12.1 Å². The molecule has 1 aliphatic rings. The van der Waals surface area contributed by atoms with Crippen molar-refractivity contribution in [3.63, 3.8) is 0 Å². The first kappa shape index (κ1) is 32.8. The van der Waals surface area contributed by atoms with Crippen LogP contribution in [0.5, 0.6) is 0 Å². The Balaban J connectivity index is 1.89. The summed E-state index contributed by atoms with van der Waals surface area (Å²) in [6.45, 7) is 0. The van der Waals surface area contributed by atoms with E-state index in [1.54, 1.807) is 0 Å². The zero-order valence-corrected chi connectivity index (χ0v) is 23.0. The van der Waals surface area contributed by atoms with Crippen LogP contribution >= 0.6 is 34.8 Å². The molecule has 0 heterocycles. The number of Topliss-reactive ketones (excluding diaryl/α,β-unsaturated/α-hetero) is 1. The van der Waals surface area contributed by atoms with Gasteiger partial charge in [-0.2, -0.15) is 39.5 Å². The highest BCUT2D eigenvalue weighted by Gasteiger charge is 2.48. The third kappa shape index (κ3) is 8.62. The fourth-order valence-corrected chi connectivity index (χ4v) is 6.23. The molecule has 1 saturated carbocycles. The van der Waals surface area contributed by atoms with E-state index in [4.69, 9.17) is 34.8 Å². The molecule has 2 aromatic rings. The molecule has 15 heteroatoms. The Morgan fingerprint density at radius 2 is 1.52 bits per heavy atom. The highest BCUT2D eigenvalue weighted by Crippen LogP contribution is 2.51. The molecule has 0 aliphatic heterocycles. The van der Waals surface area contributed by atoms with Gasteiger partial charge in [0.15, 0.2) is 5.78 Å². The van der Waals surface area contributed by atoms with Crippen LogP contribution in [0.25, 0.3) is 6.08 Å². The van der Waals surface area contributed by atoms with Crippen LogP contribution in [0.15, 0.2) is 36.4 Å². The lowest BCUT2D eigenvalue weighted by Crippen LogP contribution is -2.25. The molecule has 1 aliphatic carbocycles. The summed E-state index contributed by atoms with van der Waals surface area (Å²) >= 11 is 17.4. The number of ketones is 1. The number of carbonyl (C=O) groups is 1. The Morgan fingerprint density at radius 3 is 2.00 bits per heavy atom. The van der Waals surface area contributed by atoms with Crippen LogP contribution in [0.1, 0.15) is 52.2 Å². The normalized spacial score (nSPS) is 17.2. The minimum absolute atomic E-state index is 0.174. The van der Waals surface area contributed by atoms with Gasteiger partial charge in [-0.1, -0.05) is 59.1 Å². The molecule has 0 aromatic heterocycles. The largest absolute Gasteiger partial charge is 0.417 e. The van der Waals surface area contributed by atoms with Crippen molar-refractivity contribution in [2.75, 3.05) is 11.5 Å². The van der Waals surface area contributed by atoms with Crippen LogP contribution in [0, 0.1) is 5.41 Å². The van der Waals surface area contributed by atoms with Gasteiger partial charge in [-0.05, 0) is 47.6 Å². The van der Waals surface area contributed by atoms with E-state index >= 15 is 0 Å². The zero-order chi connectivity index (χ0) is 30.3. The molecule has 2 aromatic carbocycles. The van der Waals surface area contributed by atoms with Gasteiger partial charge in [0.25, 0.3) is 0 Å². The quantitative estimate of drug-likeness (QED) is 0.153. The molecule has 2 atom stereocenters. The van der Waals surface area contributed by atoms with Crippen LogP contribution in [0.4, 0.5) is 39.5 Å². The lowest BCUT2D eigenvalue weighted by molar-refractivity contribution is -0.139. The molecule has 0 bridgehead atoms. The number of carbonyl (C=O) groups excluding carboxylic acids is 1. The van der Waals surface area contributed by atoms with E-state index in [1.165, 1.54) is 0 Å². The van der Waals surface area contributed by atoms with Gasteiger partial charge >= 0.3 is 18.5 Å². The highest BCUT2D eigenvalue weighted by atomic mass is 35.5. The summed E-state index contributed by atoms with van der Waals surface area (Å²) in [5, 5.41) is -0.693. The first-order chi connectivity index (χ1) is 18.2. The van der Waals surface area contributed by atoms with Crippen molar-refractivity contribution >= 4 is 57.5 Å². The molecule has 0 spiro atoms. The smallest absolute Gasteiger partial charge is 0.294 e. The molecule has 2 nitrogen and oxygen atoms in total. The number of allylic oxidation sites excluding steroid dienone is 1. The molecule has 0 saturated heterocycles. The third-order valence-electron chi connectivity index (χ3n) is 6.13. The van der Waals surface area contributed by atoms with Crippen molar-refractivity contribution in [3.05, 3.63) is 73.7 Å². The first-order valence-electron chi connectivity index (χ1n) is 11.3. The molecule has 220 valence electrons. The van der Waals surface area contributed by atoms with Crippen LogP contribution in [-0.4, -0.2) is 33.9 Å². The summed E-state index contributed by atoms with van der Waals surface area (Å²) in [6, 6.07) is 4.16. The molecular weight excluding hydrogens is 642 g/mol. The second kappa shape index (κ2) is 11.9. The fourth-order valence-electron chi connectivity index (χ4n) is 4.07. The first-order valence-corrected chi connectivity index (χ1v) is 13.9. The van der Waals surface area contributed by atoms with Crippen LogP contribution < -0.4 is 0 Å². The van der Waals surface area contributed by atoms with Gasteiger partial charge in [0.1, 0.15) is 5.75 Å². The molecule has 0 radical (unpaired) electrons. The SMILES string of the molecule is O=C(CC1(CS(=O)CC(F)(F)F)CC1)c1ccc(/C=C/C(c2cc(Cl)c(Cl)c(Cl)c2)C(F)(F)F)cc1C(F)(F)F. The van der Waals surface area contributed by atoms with Gasteiger partial charge in [0.2, 0.25) is 0 Å². The van der Waals surface area contributed by atoms with Crippen molar-refractivity contribution in [3.8, 4) is 0 Å². The molecule has 3 rings (SSSR count). The van der Waals surface area contributed by atoms with Gasteiger partial charge < -0.3 is 0 Å².